The van der Waals surface area contributed by atoms with Gasteiger partial charge in [0.15, 0.2) is 11.5 Å². The van der Waals surface area contributed by atoms with E-state index < -0.39 is 0 Å². The summed E-state index contributed by atoms with van der Waals surface area (Å²) in [5, 5.41) is 11.2. The van der Waals surface area contributed by atoms with E-state index in [1.807, 2.05) is 42.5 Å². The summed E-state index contributed by atoms with van der Waals surface area (Å²) >= 11 is 0. The summed E-state index contributed by atoms with van der Waals surface area (Å²) in [7, 11) is 1.60. The SMILES string of the molecule is COc1ccc(CCNC(=O)CC#N)cc1OCCOc1ccccc1C(C)C. The highest BCUT2D eigenvalue weighted by molar-refractivity contribution is 5.77. The first-order valence-electron chi connectivity index (χ1n) is 9.70. The molecular formula is C23H28N2O4. The normalized spacial score (nSPS) is 10.3. The van der Waals surface area contributed by atoms with E-state index in [0.717, 1.165) is 11.3 Å². The van der Waals surface area contributed by atoms with Crippen molar-refractivity contribution in [3.8, 4) is 23.3 Å². The fourth-order valence-corrected chi connectivity index (χ4v) is 2.86. The topological polar surface area (TPSA) is 80.6 Å². The third-order valence-corrected chi connectivity index (χ3v) is 4.34. The van der Waals surface area contributed by atoms with Gasteiger partial charge in [-0.1, -0.05) is 38.1 Å². The van der Waals surface area contributed by atoms with E-state index in [-0.39, 0.29) is 12.3 Å². The van der Waals surface area contributed by atoms with Crippen LogP contribution in [0.25, 0.3) is 0 Å². The zero-order valence-corrected chi connectivity index (χ0v) is 17.2. The van der Waals surface area contributed by atoms with Gasteiger partial charge in [0, 0.05) is 6.54 Å². The second kappa shape index (κ2) is 11.6. The van der Waals surface area contributed by atoms with Crippen LogP contribution in [0.1, 0.15) is 37.3 Å². The third-order valence-electron chi connectivity index (χ3n) is 4.34. The highest BCUT2D eigenvalue weighted by Gasteiger charge is 2.09. The van der Waals surface area contributed by atoms with Crippen LogP contribution in [0.3, 0.4) is 0 Å². The zero-order chi connectivity index (χ0) is 21.1. The molecule has 6 nitrogen and oxygen atoms in total. The molecule has 0 aromatic heterocycles. The van der Waals surface area contributed by atoms with Crippen LogP contribution in [0.2, 0.25) is 0 Å². The first kappa shape index (κ1) is 22.1. The summed E-state index contributed by atoms with van der Waals surface area (Å²) in [6, 6.07) is 15.5. The van der Waals surface area contributed by atoms with Gasteiger partial charge >= 0.3 is 0 Å². The average molecular weight is 396 g/mol. The zero-order valence-electron chi connectivity index (χ0n) is 17.2. The molecule has 0 heterocycles. The number of para-hydroxylation sites is 1. The van der Waals surface area contributed by atoms with Crippen LogP contribution >= 0.6 is 0 Å². The van der Waals surface area contributed by atoms with Gasteiger partial charge in [0.05, 0.1) is 13.2 Å². The molecule has 0 bridgehead atoms. The summed E-state index contributed by atoms with van der Waals surface area (Å²) in [6.45, 7) is 5.53. The Morgan fingerprint density at radius 2 is 1.79 bits per heavy atom. The van der Waals surface area contributed by atoms with E-state index in [1.54, 1.807) is 7.11 Å². The number of nitrogens with one attached hydrogen (secondary N) is 1. The Labute approximate surface area is 172 Å². The Morgan fingerprint density at radius 3 is 2.48 bits per heavy atom. The van der Waals surface area contributed by atoms with E-state index in [0.29, 0.717) is 43.6 Å². The third kappa shape index (κ3) is 7.04. The molecule has 2 aromatic rings. The lowest BCUT2D eigenvalue weighted by Gasteiger charge is -2.15. The van der Waals surface area contributed by atoms with Crippen molar-refractivity contribution in [2.75, 3.05) is 26.9 Å². The molecule has 6 heteroatoms. The van der Waals surface area contributed by atoms with Crippen molar-refractivity contribution in [1.29, 1.82) is 5.26 Å². The van der Waals surface area contributed by atoms with E-state index in [9.17, 15) is 4.79 Å². The number of nitriles is 1. The molecule has 0 aliphatic rings. The molecular weight excluding hydrogens is 368 g/mol. The van der Waals surface area contributed by atoms with Crippen molar-refractivity contribution in [3.05, 3.63) is 53.6 Å². The van der Waals surface area contributed by atoms with Crippen LogP contribution in [-0.2, 0) is 11.2 Å². The number of hydrogen-bond acceptors (Lipinski definition) is 5. The van der Waals surface area contributed by atoms with Crippen LogP contribution in [0.15, 0.2) is 42.5 Å². The molecule has 0 unspecified atom stereocenters. The van der Waals surface area contributed by atoms with Crippen LogP contribution in [0, 0.1) is 11.3 Å². The Morgan fingerprint density at radius 1 is 1.07 bits per heavy atom. The van der Waals surface area contributed by atoms with Gasteiger partial charge in [-0.25, -0.2) is 0 Å². The van der Waals surface area contributed by atoms with Crippen molar-refractivity contribution in [3.63, 3.8) is 0 Å². The standard InChI is InChI=1S/C23H28N2O4/c1-17(2)19-6-4-5-7-20(19)28-14-15-29-22-16-18(8-9-21(22)27-3)11-13-25-23(26)10-12-24/h4-9,16-17H,10-11,13-15H2,1-3H3,(H,25,26). The monoisotopic (exact) mass is 396 g/mol. The molecule has 2 rings (SSSR count). The summed E-state index contributed by atoms with van der Waals surface area (Å²) in [5.74, 6) is 2.27. The fraction of sp³-hybridized carbons (Fsp3) is 0.391. The lowest BCUT2D eigenvalue weighted by Crippen LogP contribution is -2.24. The fourth-order valence-electron chi connectivity index (χ4n) is 2.86. The van der Waals surface area contributed by atoms with Crippen LogP contribution in [0.5, 0.6) is 17.2 Å². The second-order valence-electron chi connectivity index (χ2n) is 6.81. The lowest BCUT2D eigenvalue weighted by molar-refractivity contribution is -0.120. The van der Waals surface area contributed by atoms with Crippen LogP contribution in [-0.4, -0.2) is 32.8 Å². The Balaban J connectivity index is 1.89. The van der Waals surface area contributed by atoms with Crippen molar-refractivity contribution < 1.29 is 19.0 Å². The van der Waals surface area contributed by atoms with Crippen molar-refractivity contribution in [2.24, 2.45) is 0 Å². The maximum atomic E-state index is 11.4. The predicted molar refractivity (Wildman–Crippen MR) is 111 cm³/mol. The highest BCUT2D eigenvalue weighted by Crippen LogP contribution is 2.29. The largest absolute Gasteiger partial charge is 0.493 e. The van der Waals surface area contributed by atoms with Gasteiger partial charge in [-0.3, -0.25) is 4.79 Å². The minimum Gasteiger partial charge on any atom is -0.493 e. The summed E-state index contributed by atoms with van der Waals surface area (Å²) in [6.07, 6.45) is 0.507. The number of carbonyl (C=O) groups is 1. The highest BCUT2D eigenvalue weighted by atomic mass is 16.5. The molecule has 0 spiro atoms. The molecule has 1 N–H and O–H groups in total. The molecule has 0 fully saturated rings. The lowest BCUT2D eigenvalue weighted by atomic mass is 10.0. The first-order chi connectivity index (χ1) is 14.0. The summed E-state index contributed by atoms with van der Waals surface area (Å²) < 4.78 is 17.1. The van der Waals surface area contributed by atoms with Crippen molar-refractivity contribution >= 4 is 5.91 Å². The number of rotatable bonds is 11. The minimum atomic E-state index is -0.267. The van der Waals surface area contributed by atoms with Gasteiger partial charge < -0.3 is 19.5 Å². The van der Waals surface area contributed by atoms with Gasteiger partial charge in [-0.2, -0.15) is 5.26 Å². The van der Waals surface area contributed by atoms with Crippen molar-refractivity contribution in [2.45, 2.75) is 32.6 Å². The summed E-state index contributed by atoms with van der Waals surface area (Å²) in [5.41, 5.74) is 2.18. The Hall–Kier alpha value is -3.20. The maximum absolute atomic E-state index is 11.4. The number of methoxy groups -OCH3 is 1. The van der Waals surface area contributed by atoms with Gasteiger partial charge in [0.2, 0.25) is 5.91 Å². The molecule has 0 radical (unpaired) electrons. The molecule has 0 aliphatic heterocycles. The molecule has 29 heavy (non-hydrogen) atoms. The predicted octanol–water partition coefficient (Wildman–Crippen LogP) is 3.85. The van der Waals surface area contributed by atoms with Crippen molar-refractivity contribution in [1.82, 2.24) is 5.32 Å². The molecule has 0 atom stereocenters. The Kier molecular flexibility index (Phi) is 8.84. The molecule has 0 saturated heterocycles. The van der Waals surface area contributed by atoms with E-state index in [4.69, 9.17) is 19.5 Å². The number of hydrogen-bond donors (Lipinski definition) is 1. The van der Waals surface area contributed by atoms with Gasteiger partial charge in [-0.15, -0.1) is 0 Å². The number of nitrogens with zero attached hydrogens (tertiary/aromatic N) is 1. The van der Waals surface area contributed by atoms with Gasteiger partial charge in [-0.05, 0) is 41.7 Å². The number of amides is 1. The van der Waals surface area contributed by atoms with Crippen LogP contribution < -0.4 is 19.5 Å². The molecule has 2 aromatic carbocycles. The number of benzene rings is 2. The van der Waals surface area contributed by atoms with Gasteiger partial charge in [0.1, 0.15) is 25.4 Å². The average Bonchev–Trinajstić information content (AvgIpc) is 2.71. The molecule has 0 aliphatic carbocycles. The van der Waals surface area contributed by atoms with E-state index >= 15 is 0 Å². The Bertz CT molecular complexity index is 843. The van der Waals surface area contributed by atoms with Gasteiger partial charge in [0.25, 0.3) is 0 Å². The minimum absolute atomic E-state index is 0.128. The van der Waals surface area contributed by atoms with E-state index in [2.05, 4.69) is 25.2 Å². The molecule has 0 saturated carbocycles. The summed E-state index contributed by atoms with van der Waals surface area (Å²) in [4.78, 5) is 11.4. The maximum Gasteiger partial charge on any atom is 0.234 e. The van der Waals surface area contributed by atoms with Crippen LogP contribution in [0.4, 0.5) is 0 Å². The quantitative estimate of drug-likeness (QED) is 0.584. The second-order valence-corrected chi connectivity index (χ2v) is 6.81. The van der Waals surface area contributed by atoms with E-state index in [1.165, 1.54) is 5.56 Å². The smallest absolute Gasteiger partial charge is 0.234 e. The molecule has 154 valence electrons. The first-order valence-corrected chi connectivity index (χ1v) is 9.70. The number of carbonyl (C=O) groups excluding carboxylic acids is 1. The number of ether oxygens (including phenoxy) is 3. The molecule has 1 amide bonds.